The van der Waals surface area contributed by atoms with E-state index < -0.39 is 0 Å². The first-order chi connectivity index (χ1) is 8.15. The van der Waals surface area contributed by atoms with Crippen molar-refractivity contribution in [3.63, 3.8) is 0 Å². The second kappa shape index (κ2) is 5.94. The Labute approximate surface area is 108 Å². The maximum Gasteiger partial charge on any atom is 0.0897 e. The van der Waals surface area contributed by atoms with Crippen LogP contribution in [0, 0.1) is 12.8 Å². The van der Waals surface area contributed by atoms with Gasteiger partial charge in [-0.25, -0.2) is 4.98 Å². The number of hydrogen-bond donors (Lipinski definition) is 1. The molecule has 2 N–H and O–H groups in total. The topological polar surface area (TPSA) is 42.2 Å². The van der Waals surface area contributed by atoms with Crippen LogP contribution in [0.3, 0.4) is 0 Å². The summed E-state index contributed by atoms with van der Waals surface area (Å²) in [6.45, 7) is 4.12. The van der Waals surface area contributed by atoms with E-state index in [1.54, 1.807) is 11.3 Å². The molecule has 3 nitrogen and oxygen atoms in total. The van der Waals surface area contributed by atoms with E-state index in [9.17, 15) is 0 Å². The lowest BCUT2D eigenvalue weighted by molar-refractivity contribution is 0.205. The Morgan fingerprint density at radius 3 is 2.88 bits per heavy atom. The van der Waals surface area contributed by atoms with Gasteiger partial charge in [-0.05, 0) is 32.7 Å². The van der Waals surface area contributed by atoms with Gasteiger partial charge >= 0.3 is 0 Å². The number of aromatic nitrogens is 1. The van der Waals surface area contributed by atoms with Gasteiger partial charge in [-0.3, -0.25) is 0 Å². The average Bonchev–Trinajstić information content (AvgIpc) is 2.67. The van der Waals surface area contributed by atoms with Gasteiger partial charge < -0.3 is 10.6 Å². The highest BCUT2D eigenvalue weighted by molar-refractivity contribution is 7.09. The van der Waals surface area contributed by atoms with Gasteiger partial charge in [-0.2, -0.15) is 0 Å². The van der Waals surface area contributed by atoms with Crippen molar-refractivity contribution >= 4 is 11.3 Å². The van der Waals surface area contributed by atoms with Crippen LogP contribution in [0.4, 0.5) is 0 Å². The lowest BCUT2D eigenvalue weighted by Crippen LogP contribution is -2.39. The molecule has 1 fully saturated rings. The molecule has 0 spiro atoms. The number of aryl methyl sites for hydroxylation is 1. The third-order valence-corrected chi connectivity index (χ3v) is 4.43. The van der Waals surface area contributed by atoms with Gasteiger partial charge in [0.2, 0.25) is 0 Å². The number of thiazole rings is 1. The van der Waals surface area contributed by atoms with Crippen LogP contribution in [-0.2, 0) is 6.54 Å². The van der Waals surface area contributed by atoms with Crippen LogP contribution in [0.1, 0.15) is 36.4 Å². The molecule has 1 saturated carbocycles. The molecule has 0 amide bonds. The Hall–Kier alpha value is -0.450. The van der Waals surface area contributed by atoms with E-state index in [4.69, 9.17) is 5.73 Å². The molecule has 1 aliphatic rings. The quantitative estimate of drug-likeness (QED) is 0.896. The summed E-state index contributed by atoms with van der Waals surface area (Å²) in [4.78, 5) is 6.87. The molecular formula is C13H23N3S. The normalized spacial score (nSPS) is 25.4. The minimum absolute atomic E-state index is 0.406. The zero-order valence-electron chi connectivity index (χ0n) is 10.9. The molecule has 0 radical (unpaired) electrons. The van der Waals surface area contributed by atoms with E-state index in [2.05, 4.69) is 29.2 Å². The number of nitrogens with two attached hydrogens (primary N) is 1. The van der Waals surface area contributed by atoms with Crippen LogP contribution in [0.2, 0.25) is 0 Å². The molecule has 2 atom stereocenters. The van der Waals surface area contributed by atoms with Gasteiger partial charge in [-0.15, -0.1) is 11.3 Å². The molecule has 0 aromatic carbocycles. The fourth-order valence-electron chi connectivity index (χ4n) is 2.69. The zero-order chi connectivity index (χ0) is 12.3. The largest absolute Gasteiger partial charge is 0.327 e. The number of nitrogens with zero attached hydrogens (tertiary/aromatic N) is 2. The molecule has 1 aromatic heterocycles. The highest BCUT2D eigenvalue weighted by atomic mass is 32.1. The smallest absolute Gasteiger partial charge is 0.0897 e. The standard InChI is InChI=1S/C13H23N3S/c1-10-15-12(9-17-10)8-16(2)7-11-5-3-4-6-13(11)14/h9,11,13H,3-8,14H2,1-2H3. The Morgan fingerprint density at radius 1 is 1.47 bits per heavy atom. The van der Waals surface area contributed by atoms with Crippen molar-refractivity contribution in [2.45, 2.75) is 45.2 Å². The predicted octanol–water partition coefficient (Wildman–Crippen LogP) is 2.40. The van der Waals surface area contributed by atoms with Crippen molar-refractivity contribution in [1.82, 2.24) is 9.88 Å². The molecule has 1 aliphatic carbocycles. The summed E-state index contributed by atoms with van der Waals surface area (Å²) in [5.74, 6) is 0.675. The van der Waals surface area contributed by atoms with Gasteiger partial charge in [0, 0.05) is 24.5 Å². The molecule has 2 unspecified atom stereocenters. The number of hydrogen-bond acceptors (Lipinski definition) is 4. The summed E-state index contributed by atoms with van der Waals surface area (Å²) < 4.78 is 0. The maximum atomic E-state index is 6.18. The lowest BCUT2D eigenvalue weighted by atomic mass is 9.85. The van der Waals surface area contributed by atoms with E-state index in [1.165, 1.54) is 31.4 Å². The van der Waals surface area contributed by atoms with E-state index in [0.29, 0.717) is 12.0 Å². The first kappa shape index (κ1) is 13.0. The van der Waals surface area contributed by atoms with Crippen LogP contribution in [-0.4, -0.2) is 29.5 Å². The first-order valence-corrected chi connectivity index (χ1v) is 7.38. The minimum atomic E-state index is 0.406. The van der Waals surface area contributed by atoms with E-state index in [0.717, 1.165) is 18.1 Å². The van der Waals surface area contributed by atoms with Crippen molar-refractivity contribution in [1.29, 1.82) is 0 Å². The second-order valence-corrected chi connectivity index (χ2v) is 6.33. The Balaban J connectivity index is 1.82. The average molecular weight is 253 g/mol. The summed E-state index contributed by atoms with van der Waals surface area (Å²) in [7, 11) is 2.18. The number of rotatable bonds is 4. The Kier molecular flexibility index (Phi) is 4.54. The maximum absolute atomic E-state index is 6.18. The van der Waals surface area contributed by atoms with Gasteiger partial charge in [0.25, 0.3) is 0 Å². The molecule has 0 aliphatic heterocycles. The zero-order valence-corrected chi connectivity index (χ0v) is 11.7. The Morgan fingerprint density at radius 2 is 2.24 bits per heavy atom. The van der Waals surface area contributed by atoms with Crippen molar-refractivity contribution in [3.8, 4) is 0 Å². The van der Waals surface area contributed by atoms with Crippen molar-refractivity contribution < 1.29 is 0 Å². The van der Waals surface area contributed by atoms with Crippen molar-refractivity contribution in [2.24, 2.45) is 11.7 Å². The van der Waals surface area contributed by atoms with Crippen LogP contribution >= 0.6 is 11.3 Å². The van der Waals surface area contributed by atoms with Gasteiger partial charge in [-0.1, -0.05) is 12.8 Å². The van der Waals surface area contributed by atoms with Crippen LogP contribution in [0.15, 0.2) is 5.38 Å². The SMILES string of the molecule is Cc1nc(CN(C)CC2CCCCC2N)cs1. The van der Waals surface area contributed by atoms with E-state index in [-0.39, 0.29) is 0 Å². The third-order valence-electron chi connectivity index (χ3n) is 3.61. The molecule has 4 heteroatoms. The van der Waals surface area contributed by atoms with E-state index in [1.807, 2.05) is 0 Å². The molecule has 2 rings (SSSR count). The molecule has 0 bridgehead atoms. The molecule has 1 aromatic rings. The fraction of sp³-hybridized carbons (Fsp3) is 0.769. The van der Waals surface area contributed by atoms with Crippen molar-refractivity contribution in [2.75, 3.05) is 13.6 Å². The van der Waals surface area contributed by atoms with Crippen LogP contribution in [0.5, 0.6) is 0 Å². The van der Waals surface area contributed by atoms with Gasteiger partial charge in [0.1, 0.15) is 0 Å². The highest BCUT2D eigenvalue weighted by Crippen LogP contribution is 2.24. The summed E-state index contributed by atoms with van der Waals surface area (Å²) in [5.41, 5.74) is 7.38. The van der Waals surface area contributed by atoms with E-state index >= 15 is 0 Å². The highest BCUT2D eigenvalue weighted by Gasteiger charge is 2.22. The molecule has 17 heavy (non-hydrogen) atoms. The fourth-order valence-corrected chi connectivity index (χ4v) is 3.29. The summed E-state index contributed by atoms with van der Waals surface area (Å²) >= 11 is 1.73. The van der Waals surface area contributed by atoms with Crippen LogP contribution in [0.25, 0.3) is 0 Å². The molecular weight excluding hydrogens is 230 g/mol. The second-order valence-electron chi connectivity index (χ2n) is 5.26. The van der Waals surface area contributed by atoms with Crippen molar-refractivity contribution in [3.05, 3.63) is 16.1 Å². The van der Waals surface area contributed by atoms with Crippen LogP contribution < -0.4 is 5.73 Å². The first-order valence-electron chi connectivity index (χ1n) is 6.50. The predicted molar refractivity (Wildman–Crippen MR) is 73.1 cm³/mol. The minimum Gasteiger partial charge on any atom is -0.327 e. The summed E-state index contributed by atoms with van der Waals surface area (Å²) in [5, 5.41) is 3.31. The third kappa shape index (κ3) is 3.76. The molecule has 96 valence electrons. The monoisotopic (exact) mass is 253 g/mol. The Bertz CT molecular complexity index is 350. The molecule has 1 heterocycles. The lowest BCUT2D eigenvalue weighted by Gasteiger charge is -2.31. The molecule has 0 saturated heterocycles. The van der Waals surface area contributed by atoms with Gasteiger partial charge in [0.05, 0.1) is 10.7 Å². The summed E-state index contributed by atoms with van der Waals surface area (Å²) in [6, 6.07) is 0.406. The van der Waals surface area contributed by atoms with Gasteiger partial charge in [0.15, 0.2) is 0 Å². The summed E-state index contributed by atoms with van der Waals surface area (Å²) in [6.07, 6.45) is 5.16.